The highest BCUT2D eigenvalue weighted by Gasteiger charge is 2.15. The third kappa shape index (κ3) is 6.96. The van der Waals surface area contributed by atoms with Gasteiger partial charge in [0.15, 0.2) is 11.5 Å². The quantitative estimate of drug-likeness (QED) is 0.107. The maximum Gasteiger partial charge on any atom is 0.243 e. The molecule has 0 aliphatic carbocycles. The number of fused-ring (bicyclic) bond motifs is 2. The van der Waals surface area contributed by atoms with E-state index in [0.29, 0.717) is 43.4 Å². The lowest BCUT2D eigenvalue weighted by molar-refractivity contribution is -0.129. The van der Waals surface area contributed by atoms with Crippen LogP contribution in [0.4, 0.5) is 11.5 Å². The summed E-state index contributed by atoms with van der Waals surface area (Å²) < 4.78 is 12.3. The van der Waals surface area contributed by atoms with Crippen molar-refractivity contribution in [3.63, 3.8) is 0 Å². The van der Waals surface area contributed by atoms with Gasteiger partial charge in [-0.05, 0) is 82.4 Å². The SMILES string of the molecule is Cc1cc2cc(Nc3ncnc4cc(OCCCN5CCCC5)c(OCCCCC(=O)NO)cc34)ccc2[nH]1. The highest BCUT2D eigenvalue weighted by atomic mass is 16.5. The van der Waals surface area contributed by atoms with Crippen LogP contribution in [0, 0.1) is 6.92 Å². The molecule has 10 nitrogen and oxygen atoms in total. The molecule has 4 N–H and O–H groups in total. The number of carbonyl (C=O) groups excluding carboxylic acids is 1. The van der Waals surface area contributed by atoms with Gasteiger partial charge < -0.3 is 24.7 Å². The maximum absolute atomic E-state index is 11.3. The Labute approximate surface area is 227 Å². The second-order valence-corrected chi connectivity index (χ2v) is 10.0. The molecule has 1 aliphatic heterocycles. The number of hydrogen-bond donors (Lipinski definition) is 4. The summed E-state index contributed by atoms with van der Waals surface area (Å²) in [5.41, 5.74) is 5.54. The third-order valence-corrected chi connectivity index (χ3v) is 6.97. The smallest absolute Gasteiger partial charge is 0.243 e. The largest absolute Gasteiger partial charge is 0.490 e. The molecule has 1 saturated heterocycles. The average molecular weight is 533 g/mol. The van der Waals surface area contributed by atoms with Crippen LogP contribution in [0.5, 0.6) is 11.5 Å². The number of aromatic amines is 1. The molecule has 2 aromatic heterocycles. The lowest BCUT2D eigenvalue weighted by Gasteiger charge is -2.17. The Balaban J connectivity index is 1.33. The molecule has 10 heteroatoms. The molecule has 1 amide bonds. The third-order valence-electron chi connectivity index (χ3n) is 6.97. The van der Waals surface area contributed by atoms with E-state index in [1.807, 2.05) is 31.2 Å². The predicted octanol–water partition coefficient (Wildman–Crippen LogP) is 5.08. The van der Waals surface area contributed by atoms with Gasteiger partial charge in [-0.15, -0.1) is 0 Å². The molecule has 0 spiro atoms. The van der Waals surface area contributed by atoms with Gasteiger partial charge in [0.2, 0.25) is 5.91 Å². The van der Waals surface area contributed by atoms with Crippen LogP contribution in [0.3, 0.4) is 0 Å². The van der Waals surface area contributed by atoms with Crippen LogP contribution < -0.4 is 20.3 Å². The summed E-state index contributed by atoms with van der Waals surface area (Å²) in [7, 11) is 0. The summed E-state index contributed by atoms with van der Waals surface area (Å²) >= 11 is 0. The lowest BCUT2D eigenvalue weighted by Crippen LogP contribution is -2.22. The molecule has 0 atom stereocenters. The summed E-state index contributed by atoms with van der Waals surface area (Å²) in [6.07, 6.45) is 6.54. The van der Waals surface area contributed by atoms with E-state index in [0.717, 1.165) is 46.2 Å². The van der Waals surface area contributed by atoms with Gasteiger partial charge in [0.1, 0.15) is 12.1 Å². The van der Waals surface area contributed by atoms with Crippen LogP contribution >= 0.6 is 0 Å². The first-order valence-electron chi connectivity index (χ1n) is 13.6. The number of benzene rings is 2. The van der Waals surface area contributed by atoms with Crippen molar-refractivity contribution in [3.8, 4) is 11.5 Å². The van der Waals surface area contributed by atoms with Crippen molar-refractivity contribution in [3.05, 3.63) is 48.4 Å². The van der Waals surface area contributed by atoms with Gasteiger partial charge in [-0.1, -0.05) is 0 Å². The van der Waals surface area contributed by atoms with Gasteiger partial charge >= 0.3 is 0 Å². The molecule has 0 radical (unpaired) electrons. The second kappa shape index (κ2) is 12.8. The van der Waals surface area contributed by atoms with Crippen molar-refractivity contribution in [2.45, 2.75) is 45.4 Å². The van der Waals surface area contributed by atoms with Gasteiger partial charge in [0, 0.05) is 46.7 Å². The number of hydroxylamine groups is 1. The number of amides is 1. The summed E-state index contributed by atoms with van der Waals surface area (Å²) in [6.45, 7) is 6.40. The molecule has 39 heavy (non-hydrogen) atoms. The molecular formula is C29H36N6O4. The molecule has 2 aromatic carbocycles. The monoisotopic (exact) mass is 532 g/mol. The number of carbonyl (C=O) groups is 1. The fourth-order valence-electron chi connectivity index (χ4n) is 4.98. The zero-order valence-electron chi connectivity index (χ0n) is 22.3. The van der Waals surface area contributed by atoms with E-state index < -0.39 is 5.91 Å². The normalized spacial score (nSPS) is 13.7. The average Bonchev–Trinajstić information content (AvgIpc) is 3.59. The molecule has 5 rings (SSSR count). The predicted molar refractivity (Wildman–Crippen MR) is 151 cm³/mol. The fraction of sp³-hybridized carbons (Fsp3) is 0.414. The number of rotatable bonds is 13. The lowest BCUT2D eigenvalue weighted by atomic mass is 10.2. The Hall–Kier alpha value is -3.89. The number of anilines is 2. The van der Waals surface area contributed by atoms with Gasteiger partial charge in [-0.2, -0.15) is 0 Å². The number of aryl methyl sites for hydroxylation is 1. The highest BCUT2D eigenvalue weighted by Crippen LogP contribution is 2.35. The van der Waals surface area contributed by atoms with Gasteiger partial charge in [-0.3, -0.25) is 10.0 Å². The number of H-pyrrole nitrogens is 1. The number of hydrogen-bond acceptors (Lipinski definition) is 8. The fourth-order valence-corrected chi connectivity index (χ4v) is 4.98. The summed E-state index contributed by atoms with van der Waals surface area (Å²) in [5, 5.41) is 14.1. The number of nitrogens with zero attached hydrogens (tertiary/aromatic N) is 3. The summed E-state index contributed by atoms with van der Waals surface area (Å²) in [5.74, 6) is 1.54. The molecule has 1 fully saturated rings. The number of likely N-dealkylation sites (tertiary alicyclic amines) is 1. The van der Waals surface area contributed by atoms with Crippen molar-refractivity contribution in [1.82, 2.24) is 25.3 Å². The van der Waals surface area contributed by atoms with Crippen LogP contribution in [-0.4, -0.2) is 63.8 Å². The number of unbranched alkanes of at least 4 members (excludes halogenated alkanes) is 1. The van der Waals surface area contributed by atoms with Crippen molar-refractivity contribution in [2.75, 3.05) is 38.2 Å². The standard InChI is InChI=1S/C29H36N6O4/c1-20-15-21-16-22(8-9-24(21)32-20)33-29-23-17-26(38-13-5-2-7-28(36)34-37)27(18-25(23)30-19-31-29)39-14-6-12-35-10-3-4-11-35/h8-9,15-19,32,37H,2-7,10-14H2,1H3,(H,34,36)(H,30,31,33). The first kappa shape index (κ1) is 26.7. The van der Waals surface area contributed by atoms with E-state index in [-0.39, 0.29) is 6.42 Å². The van der Waals surface area contributed by atoms with E-state index in [9.17, 15) is 4.79 Å². The molecule has 1 aliphatic rings. The summed E-state index contributed by atoms with van der Waals surface area (Å²) in [6, 6.07) is 12.1. The zero-order chi connectivity index (χ0) is 27.0. The minimum atomic E-state index is -0.399. The van der Waals surface area contributed by atoms with E-state index in [2.05, 4.69) is 37.3 Å². The van der Waals surface area contributed by atoms with Crippen molar-refractivity contribution >= 4 is 39.2 Å². The minimum Gasteiger partial charge on any atom is -0.490 e. The molecule has 0 saturated carbocycles. The molecule has 0 bridgehead atoms. The Kier molecular flexibility index (Phi) is 8.75. The van der Waals surface area contributed by atoms with Crippen molar-refractivity contribution < 1.29 is 19.5 Å². The van der Waals surface area contributed by atoms with Crippen molar-refractivity contribution in [2.24, 2.45) is 0 Å². The van der Waals surface area contributed by atoms with Gasteiger partial charge in [0.05, 0.1) is 18.7 Å². The second-order valence-electron chi connectivity index (χ2n) is 10.0. The maximum atomic E-state index is 11.3. The van der Waals surface area contributed by atoms with Crippen LogP contribution in [0.25, 0.3) is 21.8 Å². The number of nitrogens with one attached hydrogen (secondary N) is 3. The minimum absolute atomic E-state index is 0.240. The van der Waals surface area contributed by atoms with E-state index in [1.54, 1.807) is 11.8 Å². The highest BCUT2D eigenvalue weighted by molar-refractivity contribution is 5.94. The molecule has 0 unspecified atom stereocenters. The van der Waals surface area contributed by atoms with Gasteiger partial charge in [-0.25, -0.2) is 15.4 Å². The molecule has 4 aromatic rings. The molecule has 3 heterocycles. The van der Waals surface area contributed by atoms with Gasteiger partial charge in [0.25, 0.3) is 0 Å². The number of ether oxygens (including phenoxy) is 2. The van der Waals surface area contributed by atoms with E-state index in [1.165, 1.54) is 25.9 Å². The van der Waals surface area contributed by atoms with Crippen LogP contribution in [0.15, 0.2) is 42.7 Å². The van der Waals surface area contributed by atoms with Crippen LogP contribution in [0.1, 0.15) is 44.2 Å². The van der Waals surface area contributed by atoms with Crippen LogP contribution in [-0.2, 0) is 4.79 Å². The summed E-state index contributed by atoms with van der Waals surface area (Å²) in [4.78, 5) is 26.1. The molecular weight excluding hydrogens is 496 g/mol. The van der Waals surface area contributed by atoms with Crippen molar-refractivity contribution in [1.29, 1.82) is 0 Å². The molecule has 206 valence electrons. The Morgan fingerprint density at radius 1 is 1.03 bits per heavy atom. The Morgan fingerprint density at radius 2 is 1.82 bits per heavy atom. The van der Waals surface area contributed by atoms with Crippen LogP contribution in [0.2, 0.25) is 0 Å². The Bertz CT molecular complexity index is 1420. The topological polar surface area (TPSA) is 125 Å². The van der Waals surface area contributed by atoms with E-state index in [4.69, 9.17) is 14.7 Å². The van der Waals surface area contributed by atoms with E-state index >= 15 is 0 Å². The number of aromatic nitrogens is 3. The first-order chi connectivity index (χ1) is 19.1. The zero-order valence-corrected chi connectivity index (χ0v) is 22.3. The Morgan fingerprint density at radius 3 is 2.64 bits per heavy atom. The first-order valence-corrected chi connectivity index (χ1v) is 13.6.